The Morgan fingerprint density at radius 1 is 1.39 bits per heavy atom. The molecular formula is C17H18N2O4. The van der Waals surface area contributed by atoms with Crippen LogP contribution in [-0.4, -0.2) is 26.4 Å². The number of nitrogens with zero attached hydrogens (tertiary/aromatic N) is 2. The molecule has 1 aromatic carbocycles. The first-order valence-corrected chi connectivity index (χ1v) is 7.36. The van der Waals surface area contributed by atoms with E-state index in [0.29, 0.717) is 11.3 Å². The van der Waals surface area contributed by atoms with Gasteiger partial charge in [0, 0.05) is 11.5 Å². The predicted molar refractivity (Wildman–Crippen MR) is 82.4 cm³/mol. The van der Waals surface area contributed by atoms with Gasteiger partial charge in [-0.25, -0.2) is 4.79 Å². The van der Waals surface area contributed by atoms with Crippen LogP contribution in [0.15, 0.2) is 35.8 Å². The van der Waals surface area contributed by atoms with Gasteiger partial charge in [0.15, 0.2) is 5.60 Å². The van der Waals surface area contributed by atoms with Crippen molar-refractivity contribution in [3.63, 3.8) is 0 Å². The van der Waals surface area contributed by atoms with Crippen molar-refractivity contribution in [2.24, 2.45) is 5.92 Å². The van der Waals surface area contributed by atoms with E-state index in [1.165, 1.54) is 19.1 Å². The largest absolute Gasteiger partial charge is 0.468 e. The summed E-state index contributed by atoms with van der Waals surface area (Å²) in [6, 6.07) is 9.02. The minimum atomic E-state index is -0.860. The summed E-state index contributed by atoms with van der Waals surface area (Å²) < 4.78 is 16.3. The van der Waals surface area contributed by atoms with Crippen LogP contribution < -0.4 is 4.90 Å². The molecular weight excluding hydrogens is 296 g/mol. The Kier molecular flexibility index (Phi) is 3.44. The van der Waals surface area contributed by atoms with Gasteiger partial charge in [0.2, 0.25) is 0 Å². The Bertz CT molecular complexity index is 734. The van der Waals surface area contributed by atoms with Crippen LogP contribution in [-0.2, 0) is 19.8 Å². The number of carbonyl (C=O) groups is 1. The van der Waals surface area contributed by atoms with Crippen LogP contribution in [0.2, 0.25) is 0 Å². The highest BCUT2D eigenvalue weighted by Gasteiger charge is 2.64. The van der Waals surface area contributed by atoms with Crippen LogP contribution in [0.5, 0.6) is 0 Å². The van der Waals surface area contributed by atoms with E-state index >= 15 is 0 Å². The van der Waals surface area contributed by atoms with Crippen LogP contribution in [0, 0.1) is 17.2 Å². The summed E-state index contributed by atoms with van der Waals surface area (Å²) in [5.74, 6) is 0.161. The minimum absolute atomic E-state index is 0.000642. The van der Waals surface area contributed by atoms with Gasteiger partial charge in [-0.2, -0.15) is 5.26 Å². The molecule has 0 spiro atoms. The molecule has 2 aliphatic rings. The van der Waals surface area contributed by atoms with Crippen LogP contribution in [0.1, 0.15) is 19.4 Å². The number of amides is 1. The maximum Gasteiger partial charge on any atom is 0.414 e. The Balaban J connectivity index is 2.30. The number of hydrogen-bond donors (Lipinski definition) is 0. The lowest BCUT2D eigenvalue weighted by atomic mass is 9.78. The SMILES string of the molecule is COC(=O)N1c2ccccc2C2(C(C)C)OC(OC)=C(C#N)C12. The molecule has 0 saturated heterocycles. The number of anilines is 1. The number of methoxy groups -OCH3 is 2. The molecule has 0 aromatic heterocycles. The van der Waals surface area contributed by atoms with Crippen LogP contribution in [0.25, 0.3) is 0 Å². The lowest BCUT2D eigenvalue weighted by Crippen LogP contribution is -2.49. The summed E-state index contributed by atoms with van der Waals surface area (Å²) in [4.78, 5) is 13.9. The van der Waals surface area contributed by atoms with Crippen molar-refractivity contribution >= 4 is 11.8 Å². The molecule has 2 atom stereocenters. The number of carbonyl (C=O) groups excluding carboxylic acids is 1. The molecule has 1 amide bonds. The zero-order chi connectivity index (χ0) is 16.8. The second kappa shape index (κ2) is 5.20. The van der Waals surface area contributed by atoms with Crippen LogP contribution >= 0.6 is 0 Å². The normalized spacial score (nSPS) is 24.9. The van der Waals surface area contributed by atoms with Crippen LogP contribution in [0.3, 0.4) is 0 Å². The molecule has 6 nitrogen and oxygen atoms in total. The number of nitriles is 1. The predicted octanol–water partition coefficient (Wildman–Crippen LogP) is 2.90. The number of ether oxygens (including phenoxy) is 3. The molecule has 0 fully saturated rings. The number of para-hydroxylation sites is 1. The zero-order valence-electron chi connectivity index (χ0n) is 13.5. The van der Waals surface area contributed by atoms with Gasteiger partial charge in [0.05, 0.1) is 19.9 Å². The maximum absolute atomic E-state index is 12.4. The van der Waals surface area contributed by atoms with E-state index < -0.39 is 17.7 Å². The monoisotopic (exact) mass is 314 g/mol. The molecule has 2 unspecified atom stereocenters. The quantitative estimate of drug-likeness (QED) is 0.839. The van der Waals surface area contributed by atoms with Gasteiger partial charge >= 0.3 is 6.09 Å². The summed E-state index contributed by atoms with van der Waals surface area (Å²) in [5.41, 5.74) is 0.982. The summed E-state index contributed by atoms with van der Waals surface area (Å²) in [5, 5.41) is 9.62. The highest BCUT2D eigenvalue weighted by atomic mass is 16.7. The Morgan fingerprint density at radius 3 is 2.65 bits per heavy atom. The summed E-state index contributed by atoms with van der Waals surface area (Å²) in [7, 11) is 2.78. The van der Waals surface area contributed by atoms with Crippen molar-refractivity contribution in [2.75, 3.05) is 19.1 Å². The van der Waals surface area contributed by atoms with Crippen molar-refractivity contribution in [3.05, 3.63) is 41.3 Å². The Hall–Kier alpha value is -2.68. The van der Waals surface area contributed by atoms with Crippen molar-refractivity contribution < 1.29 is 19.0 Å². The molecule has 6 heteroatoms. The molecule has 0 bridgehead atoms. The lowest BCUT2D eigenvalue weighted by Gasteiger charge is -2.35. The van der Waals surface area contributed by atoms with Crippen molar-refractivity contribution in [3.8, 4) is 6.07 Å². The molecule has 120 valence electrons. The average molecular weight is 314 g/mol. The number of benzene rings is 1. The van der Waals surface area contributed by atoms with Gasteiger partial charge < -0.3 is 14.2 Å². The molecule has 2 heterocycles. The standard InChI is InChI=1S/C17H18N2O4/c1-10(2)17-12-7-5-6-8-13(12)19(16(20)22-4)14(17)11(9-18)15(21-3)23-17/h5-8,10,14H,1-4H3. The second-order valence-corrected chi connectivity index (χ2v) is 5.83. The van der Waals surface area contributed by atoms with Gasteiger partial charge in [-0.15, -0.1) is 0 Å². The van der Waals surface area contributed by atoms with E-state index in [1.807, 2.05) is 38.1 Å². The van der Waals surface area contributed by atoms with Gasteiger partial charge in [-0.3, -0.25) is 4.90 Å². The fraction of sp³-hybridized carbons (Fsp3) is 0.412. The highest BCUT2D eigenvalue weighted by Crippen LogP contribution is 2.57. The van der Waals surface area contributed by atoms with Crippen molar-refractivity contribution in [2.45, 2.75) is 25.5 Å². The maximum atomic E-state index is 12.4. The third-order valence-corrected chi connectivity index (χ3v) is 4.54. The molecule has 0 aliphatic carbocycles. The van der Waals surface area contributed by atoms with E-state index in [0.717, 1.165) is 5.56 Å². The fourth-order valence-corrected chi connectivity index (χ4v) is 3.57. The van der Waals surface area contributed by atoms with Crippen molar-refractivity contribution in [1.82, 2.24) is 0 Å². The average Bonchev–Trinajstić information content (AvgIpc) is 3.04. The molecule has 0 N–H and O–H groups in total. The zero-order valence-corrected chi connectivity index (χ0v) is 13.5. The van der Waals surface area contributed by atoms with Gasteiger partial charge in [0.1, 0.15) is 17.7 Å². The van der Waals surface area contributed by atoms with Crippen LogP contribution in [0.4, 0.5) is 10.5 Å². The molecule has 3 rings (SSSR count). The molecule has 0 radical (unpaired) electrons. The first-order chi connectivity index (χ1) is 11.0. The van der Waals surface area contributed by atoms with E-state index in [-0.39, 0.29) is 11.9 Å². The summed E-state index contributed by atoms with van der Waals surface area (Å²) in [6.07, 6.45) is -0.529. The number of hydrogen-bond acceptors (Lipinski definition) is 5. The topological polar surface area (TPSA) is 71.8 Å². The first-order valence-electron chi connectivity index (χ1n) is 7.36. The third-order valence-electron chi connectivity index (χ3n) is 4.54. The Morgan fingerprint density at radius 2 is 2.09 bits per heavy atom. The number of rotatable bonds is 2. The second-order valence-electron chi connectivity index (χ2n) is 5.83. The van der Waals surface area contributed by atoms with Crippen molar-refractivity contribution in [1.29, 1.82) is 5.26 Å². The molecule has 1 aromatic rings. The third kappa shape index (κ3) is 1.76. The van der Waals surface area contributed by atoms with E-state index in [4.69, 9.17) is 14.2 Å². The fourth-order valence-electron chi connectivity index (χ4n) is 3.57. The Labute approximate surface area is 134 Å². The van der Waals surface area contributed by atoms with Gasteiger partial charge in [-0.1, -0.05) is 32.0 Å². The molecule has 2 aliphatic heterocycles. The van der Waals surface area contributed by atoms with E-state index in [2.05, 4.69) is 6.07 Å². The first kappa shape index (κ1) is 15.2. The molecule has 0 saturated carbocycles. The van der Waals surface area contributed by atoms with Gasteiger partial charge in [-0.05, 0) is 6.07 Å². The van der Waals surface area contributed by atoms with E-state index in [1.54, 1.807) is 0 Å². The van der Waals surface area contributed by atoms with E-state index in [9.17, 15) is 10.1 Å². The summed E-state index contributed by atoms with van der Waals surface area (Å²) in [6.45, 7) is 4.00. The van der Waals surface area contributed by atoms with Gasteiger partial charge in [0.25, 0.3) is 5.95 Å². The molecule has 23 heavy (non-hydrogen) atoms. The minimum Gasteiger partial charge on any atom is -0.468 e. The lowest BCUT2D eigenvalue weighted by molar-refractivity contribution is -0.0742. The number of fused-ring (bicyclic) bond motifs is 3. The summed E-state index contributed by atoms with van der Waals surface area (Å²) >= 11 is 0. The highest BCUT2D eigenvalue weighted by molar-refractivity contribution is 5.94. The smallest absolute Gasteiger partial charge is 0.414 e.